The number of carbonyl (C=O) groups is 1. The number of rotatable bonds is 5. The van der Waals surface area contributed by atoms with Crippen LogP contribution in [0.3, 0.4) is 0 Å². The van der Waals surface area contributed by atoms with E-state index in [1.807, 2.05) is 12.1 Å². The predicted molar refractivity (Wildman–Crippen MR) is 82.9 cm³/mol. The minimum atomic E-state index is -0.495. The van der Waals surface area contributed by atoms with Crippen LogP contribution in [0, 0.1) is 10.1 Å². The second-order valence-corrected chi connectivity index (χ2v) is 4.51. The molecule has 0 aliphatic carbocycles. The van der Waals surface area contributed by atoms with Crippen LogP contribution in [-0.2, 0) is 11.3 Å². The van der Waals surface area contributed by atoms with E-state index in [1.54, 1.807) is 19.2 Å². The van der Waals surface area contributed by atoms with E-state index in [2.05, 4.69) is 10.6 Å². The van der Waals surface area contributed by atoms with E-state index in [-0.39, 0.29) is 5.69 Å². The van der Waals surface area contributed by atoms with Crippen LogP contribution in [0.1, 0.15) is 5.56 Å². The maximum absolute atomic E-state index is 11.8. The topological polar surface area (TPSA) is 93.5 Å². The number of non-ortho nitro benzene ring substituents is 1. The van der Waals surface area contributed by atoms with Crippen molar-refractivity contribution in [2.24, 2.45) is 0 Å². The quantitative estimate of drug-likeness (QED) is 0.654. The first kappa shape index (κ1) is 15.5. The highest BCUT2D eigenvalue weighted by Crippen LogP contribution is 2.16. The smallest absolute Gasteiger partial charge is 0.323 e. The SMILES string of the molecule is COCc1ccc(NC(=O)Nc2ccc([N+](=O)[O-])cc2)cc1. The summed E-state index contributed by atoms with van der Waals surface area (Å²) in [5.41, 5.74) is 2.09. The molecule has 22 heavy (non-hydrogen) atoms. The first-order valence-corrected chi connectivity index (χ1v) is 6.49. The van der Waals surface area contributed by atoms with Gasteiger partial charge in [-0.05, 0) is 29.8 Å². The van der Waals surface area contributed by atoms with Gasteiger partial charge in [0.15, 0.2) is 0 Å². The zero-order chi connectivity index (χ0) is 15.9. The number of hydrogen-bond donors (Lipinski definition) is 2. The molecule has 114 valence electrons. The average Bonchev–Trinajstić information content (AvgIpc) is 2.50. The molecule has 0 bridgehead atoms. The highest BCUT2D eigenvalue weighted by Gasteiger charge is 2.06. The lowest BCUT2D eigenvalue weighted by Crippen LogP contribution is -2.19. The number of anilines is 2. The Morgan fingerprint density at radius 3 is 2.00 bits per heavy atom. The third-order valence-corrected chi connectivity index (χ3v) is 2.86. The fourth-order valence-corrected chi connectivity index (χ4v) is 1.81. The molecule has 0 radical (unpaired) electrons. The summed E-state index contributed by atoms with van der Waals surface area (Å²) < 4.78 is 5.01. The maximum Gasteiger partial charge on any atom is 0.323 e. The molecule has 2 aromatic rings. The zero-order valence-corrected chi connectivity index (χ0v) is 11.9. The summed E-state index contributed by atoms with van der Waals surface area (Å²) >= 11 is 0. The first-order chi connectivity index (χ1) is 10.6. The lowest BCUT2D eigenvalue weighted by Gasteiger charge is -2.08. The molecular weight excluding hydrogens is 286 g/mol. The van der Waals surface area contributed by atoms with E-state index in [1.165, 1.54) is 24.3 Å². The molecule has 2 N–H and O–H groups in total. The van der Waals surface area contributed by atoms with Crippen LogP contribution in [0.5, 0.6) is 0 Å². The van der Waals surface area contributed by atoms with E-state index in [0.29, 0.717) is 18.0 Å². The summed E-state index contributed by atoms with van der Waals surface area (Å²) in [6, 6.07) is 12.4. The molecule has 0 saturated heterocycles. The van der Waals surface area contributed by atoms with Gasteiger partial charge in [-0.15, -0.1) is 0 Å². The lowest BCUT2D eigenvalue weighted by molar-refractivity contribution is -0.384. The Morgan fingerprint density at radius 1 is 1.05 bits per heavy atom. The Hall–Kier alpha value is -2.93. The highest BCUT2D eigenvalue weighted by molar-refractivity contribution is 5.99. The van der Waals surface area contributed by atoms with Gasteiger partial charge in [-0.2, -0.15) is 0 Å². The Bertz CT molecular complexity index is 653. The van der Waals surface area contributed by atoms with Gasteiger partial charge < -0.3 is 15.4 Å². The van der Waals surface area contributed by atoms with Gasteiger partial charge in [0, 0.05) is 30.6 Å². The number of carbonyl (C=O) groups excluding carboxylic acids is 1. The van der Waals surface area contributed by atoms with Crippen LogP contribution < -0.4 is 10.6 Å². The van der Waals surface area contributed by atoms with Gasteiger partial charge in [-0.3, -0.25) is 10.1 Å². The molecule has 0 aliphatic rings. The standard InChI is InChI=1S/C15H15N3O4/c1-22-10-11-2-4-12(5-3-11)16-15(19)17-13-6-8-14(9-7-13)18(20)21/h2-9H,10H2,1H3,(H2,16,17,19). The van der Waals surface area contributed by atoms with Gasteiger partial charge in [0.2, 0.25) is 0 Å². The number of ether oxygens (including phenoxy) is 1. The van der Waals surface area contributed by atoms with Crippen molar-refractivity contribution in [2.75, 3.05) is 17.7 Å². The van der Waals surface area contributed by atoms with Crippen molar-refractivity contribution >= 4 is 23.1 Å². The number of benzene rings is 2. The highest BCUT2D eigenvalue weighted by atomic mass is 16.6. The molecule has 2 aromatic carbocycles. The molecule has 0 spiro atoms. The molecule has 0 aliphatic heterocycles. The van der Waals surface area contributed by atoms with Gasteiger partial charge in [-0.25, -0.2) is 4.79 Å². The second kappa shape index (κ2) is 7.19. The summed E-state index contributed by atoms with van der Waals surface area (Å²) in [7, 11) is 1.61. The number of hydrogen-bond acceptors (Lipinski definition) is 4. The van der Waals surface area contributed by atoms with Crippen LogP contribution in [0.4, 0.5) is 21.9 Å². The Kier molecular flexibility index (Phi) is 5.05. The molecule has 2 rings (SSSR count). The fourth-order valence-electron chi connectivity index (χ4n) is 1.81. The van der Waals surface area contributed by atoms with E-state index in [9.17, 15) is 14.9 Å². The number of nitrogens with one attached hydrogen (secondary N) is 2. The number of methoxy groups -OCH3 is 1. The minimum absolute atomic E-state index is 0.0281. The van der Waals surface area contributed by atoms with E-state index >= 15 is 0 Å². The third kappa shape index (κ3) is 4.29. The van der Waals surface area contributed by atoms with Crippen molar-refractivity contribution in [3.05, 3.63) is 64.2 Å². The van der Waals surface area contributed by atoms with E-state index in [4.69, 9.17) is 4.74 Å². The molecule has 7 heteroatoms. The summed E-state index contributed by atoms with van der Waals surface area (Å²) in [6.07, 6.45) is 0. The van der Waals surface area contributed by atoms with Gasteiger partial charge in [-0.1, -0.05) is 12.1 Å². The normalized spacial score (nSPS) is 10.0. The van der Waals surface area contributed by atoms with Crippen LogP contribution in [0.25, 0.3) is 0 Å². The van der Waals surface area contributed by atoms with Crippen molar-refractivity contribution in [3.8, 4) is 0 Å². The number of amides is 2. The number of nitro groups is 1. The molecule has 0 saturated carbocycles. The molecule has 2 amide bonds. The van der Waals surface area contributed by atoms with Gasteiger partial charge in [0.25, 0.3) is 5.69 Å². The molecular formula is C15H15N3O4. The van der Waals surface area contributed by atoms with Gasteiger partial charge >= 0.3 is 6.03 Å². The molecule has 0 aromatic heterocycles. The van der Waals surface area contributed by atoms with Crippen molar-refractivity contribution < 1.29 is 14.5 Å². The maximum atomic E-state index is 11.8. The Morgan fingerprint density at radius 2 is 1.55 bits per heavy atom. The van der Waals surface area contributed by atoms with E-state index < -0.39 is 11.0 Å². The zero-order valence-electron chi connectivity index (χ0n) is 11.9. The molecule has 0 unspecified atom stereocenters. The summed E-state index contributed by atoms with van der Waals surface area (Å²) in [5.74, 6) is 0. The van der Waals surface area contributed by atoms with Crippen molar-refractivity contribution in [1.29, 1.82) is 0 Å². The average molecular weight is 301 g/mol. The Balaban J connectivity index is 1.93. The van der Waals surface area contributed by atoms with Crippen molar-refractivity contribution in [2.45, 2.75) is 6.61 Å². The Labute approximate surface area is 127 Å². The molecule has 7 nitrogen and oxygen atoms in total. The number of nitro benzene ring substituents is 1. The van der Waals surface area contributed by atoms with Crippen LogP contribution in [0.2, 0.25) is 0 Å². The third-order valence-electron chi connectivity index (χ3n) is 2.86. The van der Waals surface area contributed by atoms with E-state index in [0.717, 1.165) is 5.56 Å². The predicted octanol–water partition coefficient (Wildman–Crippen LogP) is 3.39. The summed E-state index contributed by atoms with van der Waals surface area (Å²) in [6.45, 7) is 0.509. The molecule has 0 atom stereocenters. The van der Waals surface area contributed by atoms with Crippen LogP contribution in [-0.4, -0.2) is 18.1 Å². The second-order valence-electron chi connectivity index (χ2n) is 4.51. The van der Waals surface area contributed by atoms with Crippen molar-refractivity contribution in [3.63, 3.8) is 0 Å². The van der Waals surface area contributed by atoms with Crippen LogP contribution >= 0.6 is 0 Å². The lowest BCUT2D eigenvalue weighted by atomic mass is 10.2. The summed E-state index contributed by atoms with van der Waals surface area (Å²) in [4.78, 5) is 21.9. The van der Waals surface area contributed by atoms with Crippen molar-refractivity contribution in [1.82, 2.24) is 0 Å². The fraction of sp³-hybridized carbons (Fsp3) is 0.133. The van der Waals surface area contributed by atoms with Gasteiger partial charge in [0.05, 0.1) is 11.5 Å². The van der Waals surface area contributed by atoms with Crippen LogP contribution in [0.15, 0.2) is 48.5 Å². The molecule has 0 heterocycles. The number of nitrogens with zero attached hydrogens (tertiary/aromatic N) is 1. The minimum Gasteiger partial charge on any atom is -0.380 e. The largest absolute Gasteiger partial charge is 0.380 e. The first-order valence-electron chi connectivity index (χ1n) is 6.49. The summed E-state index contributed by atoms with van der Waals surface area (Å²) in [5, 5.41) is 15.8. The monoisotopic (exact) mass is 301 g/mol. The molecule has 0 fully saturated rings. The number of urea groups is 1. The van der Waals surface area contributed by atoms with Gasteiger partial charge in [0.1, 0.15) is 0 Å².